The summed E-state index contributed by atoms with van der Waals surface area (Å²) in [4.78, 5) is 29.2. The van der Waals surface area contributed by atoms with Crippen molar-refractivity contribution < 1.29 is 9.18 Å². The van der Waals surface area contributed by atoms with Gasteiger partial charge in [0.05, 0.1) is 16.6 Å². The molecule has 0 aliphatic heterocycles. The quantitative estimate of drug-likeness (QED) is 0.756. The Morgan fingerprint density at radius 1 is 1.23 bits per heavy atom. The van der Waals surface area contributed by atoms with E-state index in [-0.39, 0.29) is 17.3 Å². The van der Waals surface area contributed by atoms with Crippen molar-refractivity contribution in [1.29, 1.82) is 0 Å². The third kappa shape index (κ3) is 3.35. The van der Waals surface area contributed by atoms with Gasteiger partial charge in [-0.1, -0.05) is 25.1 Å². The molecule has 0 bridgehead atoms. The molecular formula is C20H20FN3O2. The lowest BCUT2D eigenvalue weighted by Crippen LogP contribution is -2.24. The summed E-state index contributed by atoms with van der Waals surface area (Å²) in [7, 11) is 0. The zero-order chi connectivity index (χ0) is 18.7. The molecule has 26 heavy (non-hydrogen) atoms. The first-order chi connectivity index (χ1) is 12.5. The van der Waals surface area contributed by atoms with E-state index < -0.39 is 6.67 Å². The van der Waals surface area contributed by atoms with Crippen molar-refractivity contribution in [2.24, 2.45) is 0 Å². The number of halogens is 1. The Hall–Kier alpha value is -3.02. The van der Waals surface area contributed by atoms with Crippen LogP contribution in [0.15, 0.2) is 47.3 Å². The SMILES string of the molecule is CCCC(=O)Nc1ccc2nc(CF)n(-c3ccccc3C)c(=O)c2c1. The van der Waals surface area contributed by atoms with Gasteiger partial charge in [0.15, 0.2) is 0 Å². The number of fused-ring (bicyclic) bond motifs is 1. The maximum Gasteiger partial charge on any atom is 0.266 e. The fraction of sp³-hybridized carbons (Fsp3) is 0.250. The van der Waals surface area contributed by atoms with Crippen LogP contribution in [0.1, 0.15) is 31.2 Å². The van der Waals surface area contributed by atoms with Crippen LogP contribution in [-0.4, -0.2) is 15.5 Å². The third-order valence-electron chi connectivity index (χ3n) is 4.17. The second-order valence-electron chi connectivity index (χ2n) is 6.12. The summed E-state index contributed by atoms with van der Waals surface area (Å²) in [6, 6.07) is 12.2. The summed E-state index contributed by atoms with van der Waals surface area (Å²) in [5.74, 6) is -0.0565. The van der Waals surface area contributed by atoms with Gasteiger partial charge in [-0.3, -0.25) is 14.2 Å². The summed E-state index contributed by atoms with van der Waals surface area (Å²) in [6.07, 6.45) is 1.14. The summed E-state index contributed by atoms with van der Waals surface area (Å²) in [5, 5.41) is 3.11. The highest BCUT2D eigenvalue weighted by atomic mass is 19.1. The highest BCUT2D eigenvalue weighted by Crippen LogP contribution is 2.19. The topological polar surface area (TPSA) is 64.0 Å². The maximum absolute atomic E-state index is 13.6. The van der Waals surface area contributed by atoms with Crippen molar-refractivity contribution in [2.45, 2.75) is 33.4 Å². The van der Waals surface area contributed by atoms with Gasteiger partial charge in [0.2, 0.25) is 5.91 Å². The first-order valence-electron chi connectivity index (χ1n) is 8.52. The molecule has 3 aromatic rings. The number of anilines is 1. The fourth-order valence-corrected chi connectivity index (χ4v) is 2.91. The van der Waals surface area contributed by atoms with E-state index in [9.17, 15) is 14.0 Å². The van der Waals surface area contributed by atoms with Crippen molar-refractivity contribution in [3.8, 4) is 5.69 Å². The molecule has 1 amide bonds. The van der Waals surface area contributed by atoms with Gasteiger partial charge in [-0.2, -0.15) is 0 Å². The normalized spacial score (nSPS) is 10.9. The average molecular weight is 353 g/mol. The molecule has 5 nitrogen and oxygen atoms in total. The van der Waals surface area contributed by atoms with Crippen LogP contribution < -0.4 is 10.9 Å². The molecule has 1 heterocycles. The zero-order valence-corrected chi connectivity index (χ0v) is 14.8. The van der Waals surface area contributed by atoms with Crippen LogP contribution in [-0.2, 0) is 11.5 Å². The molecule has 1 N–H and O–H groups in total. The number of alkyl halides is 1. The first kappa shape index (κ1) is 17.8. The molecule has 0 saturated carbocycles. The lowest BCUT2D eigenvalue weighted by Gasteiger charge is -2.14. The predicted octanol–water partition coefficient (Wildman–Crippen LogP) is 3.90. The molecule has 0 saturated heterocycles. The molecule has 134 valence electrons. The van der Waals surface area contributed by atoms with Gasteiger partial charge in [0.1, 0.15) is 12.5 Å². The zero-order valence-electron chi connectivity index (χ0n) is 14.8. The van der Waals surface area contributed by atoms with E-state index in [4.69, 9.17) is 0 Å². The number of rotatable bonds is 5. The Kier molecular flexibility index (Phi) is 5.11. The van der Waals surface area contributed by atoms with Crippen LogP contribution in [0, 0.1) is 6.92 Å². The average Bonchev–Trinajstić information content (AvgIpc) is 2.63. The Balaban J connectivity index is 2.19. The molecule has 0 aliphatic rings. The molecule has 0 radical (unpaired) electrons. The molecule has 1 aromatic heterocycles. The van der Waals surface area contributed by atoms with Crippen molar-refractivity contribution in [2.75, 3.05) is 5.32 Å². The van der Waals surface area contributed by atoms with Gasteiger partial charge in [-0.05, 0) is 43.2 Å². The van der Waals surface area contributed by atoms with Crippen molar-refractivity contribution in [3.05, 3.63) is 64.2 Å². The number of amides is 1. The van der Waals surface area contributed by atoms with Crippen molar-refractivity contribution >= 4 is 22.5 Å². The highest BCUT2D eigenvalue weighted by Gasteiger charge is 2.15. The van der Waals surface area contributed by atoms with Crippen molar-refractivity contribution in [3.63, 3.8) is 0 Å². The molecule has 3 rings (SSSR count). The van der Waals surface area contributed by atoms with E-state index in [1.54, 1.807) is 30.3 Å². The number of aryl methyl sites for hydroxylation is 1. The summed E-state index contributed by atoms with van der Waals surface area (Å²) in [5.41, 5.74) is 2.02. The van der Waals surface area contributed by atoms with E-state index >= 15 is 0 Å². The lowest BCUT2D eigenvalue weighted by atomic mass is 10.1. The fourth-order valence-electron chi connectivity index (χ4n) is 2.91. The second-order valence-corrected chi connectivity index (χ2v) is 6.12. The minimum atomic E-state index is -0.853. The van der Waals surface area contributed by atoms with Crippen LogP contribution in [0.3, 0.4) is 0 Å². The van der Waals surface area contributed by atoms with E-state index in [2.05, 4.69) is 10.3 Å². The van der Waals surface area contributed by atoms with Crippen LogP contribution in [0.25, 0.3) is 16.6 Å². The Bertz CT molecular complexity index is 1030. The van der Waals surface area contributed by atoms with Gasteiger partial charge in [-0.25, -0.2) is 9.37 Å². The third-order valence-corrected chi connectivity index (χ3v) is 4.17. The number of nitrogens with zero attached hydrogens (tertiary/aromatic N) is 2. The summed E-state index contributed by atoms with van der Waals surface area (Å²) < 4.78 is 14.9. The first-order valence-corrected chi connectivity index (χ1v) is 8.52. The number of nitrogens with one attached hydrogen (secondary N) is 1. The van der Waals surface area contributed by atoms with E-state index in [1.165, 1.54) is 4.57 Å². The number of aromatic nitrogens is 2. The van der Waals surface area contributed by atoms with Gasteiger partial charge in [0.25, 0.3) is 5.56 Å². The summed E-state index contributed by atoms with van der Waals surface area (Å²) >= 11 is 0. The number of hydrogen-bond acceptors (Lipinski definition) is 3. The Labute approximate surface area is 150 Å². The minimum Gasteiger partial charge on any atom is -0.326 e. The molecule has 0 atom stereocenters. The summed E-state index contributed by atoms with van der Waals surface area (Å²) in [6.45, 7) is 2.92. The maximum atomic E-state index is 13.6. The number of carbonyl (C=O) groups is 1. The monoisotopic (exact) mass is 353 g/mol. The number of hydrogen-bond donors (Lipinski definition) is 1. The van der Waals surface area contributed by atoms with Gasteiger partial charge < -0.3 is 5.32 Å². The number of carbonyl (C=O) groups excluding carboxylic acids is 1. The van der Waals surface area contributed by atoms with E-state index in [0.717, 1.165) is 12.0 Å². The van der Waals surface area contributed by atoms with Crippen LogP contribution in [0.2, 0.25) is 0 Å². The molecule has 0 fully saturated rings. The molecule has 0 spiro atoms. The second kappa shape index (κ2) is 7.47. The molecule has 2 aromatic carbocycles. The Morgan fingerprint density at radius 2 is 2.00 bits per heavy atom. The number of para-hydroxylation sites is 1. The highest BCUT2D eigenvalue weighted by molar-refractivity contribution is 5.93. The molecular weight excluding hydrogens is 333 g/mol. The van der Waals surface area contributed by atoms with Crippen LogP contribution in [0.4, 0.5) is 10.1 Å². The predicted molar refractivity (Wildman–Crippen MR) is 100 cm³/mol. The van der Waals surface area contributed by atoms with Crippen LogP contribution >= 0.6 is 0 Å². The van der Waals surface area contributed by atoms with Crippen molar-refractivity contribution in [1.82, 2.24) is 9.55 Å². The molecule has 0 unspecified atom stereocenters. The van der Waals surface area contributed by atoms with Crippen LogP contribution in [0.5, 0.6) is 0 Å². The van der Waals surface area contributed by atoms with Gasteiger partial charge in [0, 0.05) is 12.1 Å². The standard InChI is InChI=1S/C20H20FN3O2/c1-3-6-19(25)22-14-9-10-16-15(11-14)20(26)24(18(12-21)23-16)17-8-5-4-7-13(17)2/h4-5,7-11H,3,6,12H2,1-2H3,(H,22,25). The van der Waals surface area contributed by atoms with E-state index in [1.807, 2.05) is 26.0 Å². The largest absolute Gasteiger partial charge is 0.326 e. The smallest absolute Gasteiger partial charge is 0.266 e. The Morgan fingerprint density at radius 3 is 2.69 bits per heavy atom. The van der Waals surface area contributed by atoms with Gasteiger partial charge in [-0.15, -0.1) is 0 Å². The van der Waals surface area contributed by atoms with E-state index in [0.29, 0.717) is 28.7 Å². The lowest BCUT2D eigenvalue weighted by molar-refractivity contribution is -0.116. The minimum absolute atomic E-state index is 0.0552. The molecule has 6 heteroatoms. The van der Waals surface area contributed by atoms with Gasteiger partial charge >= 0.3 is 0 Å². The number of benzene rings is 2. The molecule has 0 aliphatic carbocycles.